The molecule has 0 spiro atoms. The Bertz CT molecular complexity index is 1170. The van der Waals surface area contributed by atoms with E-state index in [9.17, 15) is 14.2 Å². The molecule has 0 bridgehead atoms. The van der Waals surface area contributed by atoms with Crippen molar-refractivity contribution in [2.45, 2.75) is 277 Å². The van der Waals surface area contributed by atoms with E-state index in [1.807, 2.05) is 0 Å². The third kappa shape index (κ3) is 52.6. The summed E-state index contributed by atoms with van der Waals surface area (Å²) in [4.78, 5) is 43.1. The van der Waals surface area contributed by atoms with Gasteiger partial charge in [0.2, 0.25) is 0 Å². The number of carbonyl (C=O) groups is 2. The Hall–Kier alpha value is -1.99. The van der Waals surface area contributed by atoms with Gasteiger partial charge in [-0.1, -0.05) is 229 Å². The predicted octanol–water partition coefficient (Wildman–Crippen LogP) is 17.4. The third-order valence-corrected chi connectivity index (χ3v) is 12.3. The molecule has 0 fully saturated rings. The van der Waals surface area contributed by atoms with Gasteiger partial charge in [0, 0.05) is 12.8 Å². The third-order valence-electron chi connectivity index (χ3n) is 11.8. The Morgan fingerprint density at radius 3 is 1.00 bits per heavy atom. The van der Waals surface area contributed by atoms with Crippen LogP contribution in [0.1, 0.15) is 271 Å². The van der Waals surface area contributed by atoms with Crippen molar-refractivity contribution in [2.75, 3.05) is 13.2 Å². The number of hydrogen-bond donors (Lipinski definition) is 2. The minimum absolute atomic E-state index is 0.144. The second-order valence-corrected chi connectivity index (χ2v) is 19.4. The predicted molar refractivity (Wildman–Crippen MR) is 271 cm³/mol. The highest BCUT2D eigenvalue weighted by Gasteiger charge is 2.22. The van der Waals surface area contributed by atoms with Crippen LogP contribution in [0.15, 0.2) is 48.6 Å². The summed E-state index contributed by atoms with van der Waals surface area (Å²) in [5.41, 5.74) is 0. The largest absolute Gasteiger partial charge is 0.469 e. The number of ether oxygens (including phenoxy) is 2. The molecular formula is C55H101O8P. The molecule has 0 aliphatic heterocycles. The van der Waals surface area contributed by atoms with Gasteiger partial charge in [-0.05, 0) is 77.0 Å². The van der Waals surface area contributed by atoms with E-state index in [2.05, 4.69) is 67.0 Å². The lowest BCUT2D eigenvalue weighted by molar-refractivity contribution is -0.161. The van der Waals surface area contributed by atoms with E-state index in [4.69, 9.17) is 19.3 Å². The zero-order valence-corrected chi connectivity index (χ0v) is 42.6. The number of allylic oxidation sites excluding steroid dienone is 8. The van der Waals surface area contributed by atoms with Gasteiger partial charge in [0.25, 0.3) is 0 Å². The molecule has 0 radical (unpaired) electrons. The molecule has 0 saturated carbocycles. The van der Waals surface area contributed by atoms with E-state index in [1.165, 1.54) is 180 Å². The molecule has 9 heteroatoms. The summed E-state index contributed by atoms with van der Waals surface area (Å²) in [6.45, 7) is 3.67. The van der Waals surface area contributed by atoms with Crippen LogP contribution in [0.5, 0.6) is 0 Å². The molecule has 0 saturated heterocycles. The number of phosphoric acid groups is 1. The van der Waals surface area contributed by atoms with Crippen LogP contribution in [0.3, 0.4) is 0 Å². The van der Waals surface area contributed by atoms with Crippen molar-refractivity contribution in [3.63, 3.8) is 0 Å². The van der Waals surface area contributed by atoms with Gasteiger partial charge in [-0.25, -0.2) is 4.57 Å². The fraction of sp³-hybridized carbons (Fsp3) is 0.818. The van der Waals surface area contributed by atoms with Crippen molar-refractivity contribution in [1.82, 2.24) is 0 Å². The van der Waals surface area contributed by atoms with Gasteiger partial charge in [-0.2, -0.15) is 0 Å². The first kappa shape index (κ1) is 62.0. The van der Waals surface area contributed by atoms with Crippen molar-refractivity contribution in [3.8, 4) is 0 Å². The van der Waals surface area contributed by atoms with E-state index >= 15 is 0 Å². The van der Waals surface area contributed by atoms with Crippen molar-refractivity contribution < 1.29 is 37.9 Å². The van der Waals surface area contributed by atoms with Crippen LogP contribution in [0.4, 0.5) is 0 Å². The molecule has 0 aliphatic rings. The van der Waals surface area contributed by atoms with E-state index < -0.39 is 32.5 Å². The molecule has 0 aromatic rings. The number of hydrogen-bond acceptors (Lipinski definition) is 6. The average Bonchev–Trinajstić information content (AvgIpc) is 3.27. The second-order valence-electron chi connectivity index (χ2n) is 18.2. The summed E-state index contributed by atoms with van der Waals surface area (Å²) in [5, 5.41) is 0. The fourth-order valence-electron chi connectivity index (χ4n) is 7.77. The molecule has 0 aromatic heterocycles. The molecule has 0 aromatic carbocycles. The quantitative estimate of drug-likeness (QED) is 0.0268. The minimum atomic E-state index is -4.78. The minimum Gasteiger partial charge on any atom is -0.462 e. The number of phosphoric ester groups is 1. The maximum atomic E-state index is 12.5. The standard InChI is InChI=1S/C55H101O8P/c1-3-5-7-9-11-13-15-17-19-21-23-25-27-29-31-33-35-37-39-41-43-45-47-49-54(56)61-51-53(52-62-64(58,59)60)63-55(57)50-48-46-44-42-40-38-36-34-32-30-28-26-24-22-20-18-16-14-12-10-8-6-4-2/h33-36,41-44,53H,3-32,37-40,45-52H2,1-2H3,(H2,58,59,60)/b35-33+,36-34+,43-41+,44-42+/t53-/m1/s1. The Kier molecular flexibility index (Phi) is 48.9. The molecule has 374 valence electrons. The summed E-state index contributed by atoms with van der Waals surface area (Å²) in [5.74, 6) is -0.975. The van der Waals surface area contributed by atoms with E-state index in [-0.39, 0.29) is 19.4 Å². The van der Waals surface area contributed by atoms with E-state index in [0.29, 0.717) is 12.8 Å². The number of unbranched alkanes of at least 4 members (excludes halogenated alkanes) is 32. The lowest BCUT2D eigenvalue weighted by Gasteiger charge is -2.18. The van der Waals surface area contributed by atoms with E-state index in [0.717, 1.165) is 51.4 Å². The number of carbonyl (C=O) groups excluding carboxylic acids is 2. The second kappa shape index (κ2) is 50.4. The fourth-order valence-corrected chi connectivity index (χ4v) is 8.13. The van der Waals surface area contributed by atoms with Gasteiger partial charge in [0.15, 0.2) is 6.10 Å². The monoisotopic (exact) mass is 921 g/mol. The summed E-state index contributed by atoms with van der Waals surface area (Å²) in [7, 11) is -4.78. The molecule has 8 nitrogen and oxygen atoms in total. The molecular weight excluding hydrogens is 820 g/mol. The maximum absolute atomic E-state index is 12.5. The van der Waals surface area contributed by atoms with Crippen LogP contribution in [-0.4, -0.2) is 41.0 Å². The number of esters is 2. The van der Waals surface area contributed by atoms with Crippen LogP contribution in [0.2, 0.25) is 0 Å². The average molecular weight is 921 g/mol. The highest BCUT2D eigenvalue weighted by Crippen LogP contribution is 2.36. The molecule has 0 unspecified atom stereocenters. The van der Waals surface area contributed by atoms with Crippen LogP contribution in [-0.2, 0) is 28.2 Å². The van der Waals surface area contributed by atoms with Crippen LogP contribution < -0.4 is 0 Å². The smallest absolute Gasteiger partial charge is 0.462 e. The van der Waals surface area contributed by atoms with Gasteiger partial charge in [-0.15, -0.1) is 0 Å². The van der Waals surface area contributed by atoms with Gasteiger partial charge in [-0.3, -0.25) is 14.1 Å². The van der Waals surface area contributed by atoms with Gasteiger partial charge in [0.05, 0.1) is 6.61 Å². The normalized spacial score (nSPS) is 12.8. The molecule has 0 amide bonds. The van der Waals surface area contributed by atoms with E-state index in [1.54, 1.807) is 0 Å². The summed E-state index contributed by atoms with van der Waals surface area (Å²) in [6, 6.07) is 0. The molecule has 64 heavy (non-hydrogen) atoms. The lowest BCUT2D eigenvalue weighted by Crippen LogP contribution is -2.29. The Balaban J connectivity index is 3.89. The molecule has 0 rings (SSSR count). The molecule has 2 N–H and O–H groups in total. The molecule has 0 heterocycles. The summed E-state index contributed by atoms with van der Waals surface area (Å²) in [6.07, 6.45) is 64.5. The van der Waals surface area contributed by atoms with Crippen molar-refractivity contribution >= 4 is 19.8 Å². The Morgan fingerprint density at radius 2 is 0.672 bits per heavy atom. The Morgan fingerprint density at radius 1 is 0.391 bits per heavy atom. The van der Waals surface area contributed by atoms with Gasteiger partial charge >= 0.3 is 19.8 Å². The van der Waals surface area contributed by atoms with Gasteiger partial charge in [0.1, 0.15) is 6.61 Å². The van der Waals surface area contributed by atoms with Crippen LogP contribution >= 0.6 is 7.82 Å². The zero-order chi connectivity index (χ0) is 46.7. The summed E-state index contributed by atoms with van der Waals surface area (Å²) < 4.78 is 26.5. The SMILES string of the molecule is CCCCCCCCCCCCCCCC/C=C/CC/C=C/CCCC(=O)OC[C@H](COP(=O)(O)O)OC(=O)CCC/C=C/CC/C=C/CCCCCCCCCCCCCCCC. The first-order chi connectivity index (χ1) is 31.3. The topological polar surface area (TPSA) is 119 Å². The van der Waals surface area contributed by atoms with Crippen molar-refractivity contribution in [2.24, 2.45) is 0 Å². The lowest BCUT2D eigenvalue weighted by atomic mass is 10.0. The first-order valence-corrected chi connectivity index (χ1v) is 28.5. The van der Waals surface area contributed by atoms with Crippen LogP contribution in [0, 0.1) is 0 Å². The van der Waals surface area contributed by atoms with Crippen molar-refractivity contribution in [3.05, 3.63) is 48.6 Å². The highest BCUT2D eigenvalue weighted by molar-refractivity contribution is 7.46. The first-order valence-electron chi connectivity index (χ1n) is 26.9. The van der Waals surface area contributed by atoms with Gasteiger partial charge < -0.3 is 19.3 Å². The molecule has 1 atom stereocenters. The molecule has 0 aliphatic carbocycles. The maximum Gasteiger partial charge on any atom is 0.469 e. The highest BCUT2D eigenvalue weighted by atomic mass is 31.2. The van der Waals surface area contributed by atoms with Crippen molar-refractivity contribution in [1.29, 1.82) is 0 Å². The number of rotatable bonds is 50. The summed E-state index contributed by atoms with van der Waals surface area (Å²) >= 11 is 0. The van der Waals surface area contributed by atoms with Crippen LogP contribution in [0.25, 0.3) is 0 Å². The Labute approximate surface area is 394 Å². The zero-order valence-electron chi connectivity index (χ0n) is 41.7.